The molecule has 2 aromatic carbocycles. The summed E-state index contributed by atoms with van der Waals surface area (Å²) in [5, 5.41) is 6.61. The molecule has 0 radical (unpaired) electrons. The second-order valence-corrected chi connectivity index (χ2v) is 6.20. The molecule has 0 spiro atoms. The smallest absolute Gasteiger partial charge is 0.324 e. The molecule has 1 aliphatic rings. The molecule has 1 heterocycles. The summed E-state index contributed by atoms with van der Waals surface area (Å²) in [5.41, 5.74) is 4.14. The summed E-state index contributed by atoms with van der Waals surface area (Å²) in [5.74, 6) is -0.199. The molecule has 0 bridgehead atoms. The summed E-state index contributed by atoms with van der Waals surface area (Å²) < 4.78 is 0. The van der Waals surface area contributed by atoms with E-state index in [4.69, 9.17) is 11.6 Å². The molecule has 0 aromatic heterocycles. The Morgan fingerprint density at radius 2 is 2.04 bits per heavy atom. The van der Waals surface area contributed by atoms with E-state index in [2.05, 4.69) is 10.6 Å². The Labute approximate surface area is 145 Å². The Hall–Kier alpha value is -2.53. The van der Waals surface area contributed by atoms with E-state index in [9.17, 15) is 9.59 Å². The Morgan fingerprint density at radius 3 is 2.75 bits per heavy atom. The van der Waals surface area contributed by atoms with Gasteiger partial charge in [-0.25, -0.2) is 4.79 Å². The lowest BCUT2D eigenvalue weighted by Gasteiger charge is -2.14. The summed E-state index contributed by atoms with van der Waals surface area (Å²) >= 11 is 5.97. The zero-order valence-corrected chi connectivity index (χ0v) is 14.1. The maximum atomic E-state index is 11.7. The van der Waals surface area contributed by atoms with Gasteiger partial charge in [0.1, 0.15) is 0 Å². The van der Waals surface area contributed by atoms with Gasteiger partial charge in [-0.05, 0) is 47.9 Å². The highest BCUT2D eigenvalue weighted by molar-refractivity contribution is 6.30. The molecule has 3 amide bonds. The molecular weight excluding hydrogens is 326 g/mol. The van der Waals surface area contributed by atoms with Crippen molar-refractivity contribution in [1.29, 1.82) is 0 Å². The van der Waals surface area contributed by atoms with Crippen LogP contribution in [0.25, 0.3) is 0 Å². The number of hydrogen-bond acceptors (Lipinski definition) is 3. The summed E-state index contributed by atoms with van der Waals surface area (Å²) in [4.78, 5) is 24.5. The SMILES string of the molecule is Cc1cc(Cl)ccc1CNc1cccc(CN2C(=O)CNC2=O)c1. The van der Waals surface area contributed by atoms with Crippen LogP contribution in [0.4, 0.5) is 10.5 Å². The first kappa shape index (κ1) is 16.3. The van der Waals surface area contributed by atoms with E-state index in [1.54, 1.807) is 0 Å². The molecule has 1 saturated heterocycles. The average molecular weight is 344 g/mol. The molecule has 0 aliphatic carbocycles. The number of rotatable bonds is 5. The number of benzene rings is 2. The monoisotopic (exact) mass is 343 g/mol. The van der Waals surface area contributed by atoms with Gasteiger partial charge in [0.05, 0.1) is 13.1 Å². The number of carbonyl (C=O) groups excluding carboxylic acids is 2. The summed E-state index contributed by atoms with van der Waals surface area (Å²) in [6, 6.07) is 13.2. The number of amides is 3. The molecule has 1 fully saturated rings. The van der Waals surface area contributed by atoms with Crippen LogP contribution in [0.15, 0.2) is 42.5 Å². The predicted octanol–water partition coefficient (Wildman–Crippen LogP) is 3.31. The van der Waals surface area contributed by atoms with Crippen LogP contribution in [-0.2, 0) is 17.9 Å². The molecular formula is C18H18ClN3O2. The summed E-state index contributed by atoms with van der Waals surface area (Å²) in [7, 11) is 0. The highest BCUT2D eigenvalue weighted by Gasteiger charge is 2.28. The van der Waals surface area contributed by atoms with Crippen molar-refractivity contribution in [3.63, 3.8) is 0 Å². The number of halogens is 1. The van der Waals surface area contributed by atoms with Gasteiger partial charge in [-0.3, -0.25) is 9.69 Å². The molecule has 3 rings (SSSR count). The average Bonchev–Trinajstić information content (AvgIpc) is 2.86. The van der Waals surface area contributed by atoms with Gasteiger partial charge < -0.3 is 10.6 Å². The molecule has 0 unspecified atom stereocenters. The van der Waals surface area contributed by atoms with E-state index in [-0.39, 0.29) is 25.0 Å². The van der Waals surface area contributed by atoms with E-state index in [0.29, 0.717) is 6.54 Å². The zero-order valence-electron chi connectivity index (χ0n) is 13.3. The van der Waals surface area contributed by atoms with Crippen molar-refractivity contribution in [1.82, 2.24) is 10.2 Å². The molecule has 0 atom stereocenters. The van der Waals surface area contributed by atoms with Crippen LogP contribution in [0.1, 0.15) is 16.7 Å². The first-order valence-corrected chi connectivity index (χ1v) is 8.07. The van der Waals surface area contributed by atoms with E-state index >= 15 is 0 Å². The van der Waals surface area contributed by atoms with Crippen molar-refractivity contribution in [2.75, 3.05) is 11.9 Å². The van der Waals surface area contributed by atoms with E-state index < -0.39 is 0 Å². The van der Waals surface area contributed by atoms with Crippen LogP contribution in [-0.4, -0.2) is 23.4 Å². The minimum absolute atomic E-state index is 0.0760. The number of hydrogen-bond donors (Lipinski definition) is 2. The maximum Gasteiger partial charge on any atom is 0.324 e. The Balaban J connectivity index is 1.67. The number of urea groups is 1. The fourth-order valence-electron chi connectivity index (χ4n) is 2.63. The third-order valence-corrected chi connectivity index (χ3v) is 4.23. The summed E-state index contributed by atoms with van der Waals surface area (Å²) in [6.45, 7) is 3.05. The number of aryl methyl sites for hydroxylation is 1. The lowest BCUT2D eigenvalue weighted by atomic mass is 10.1. The number of imide groups is 1. The van der Waals surface area contributed by atoms with Gasteiger partial charge in [0.25, 0.3) is 0 Å². The molecule has 2 aromatic rings. The highest BCUT2D eigenvalue weighted by atomic mass is 35.5. The Morgan fingerprint density at radius 1 is 1.21 bits per heavy atom. The van der Waals surface area contributed by atoms with Crippen molar-refractivity contribution < 1.29 is 9.59 Å². The van der Waals surface area contributed by atoms with Crippen molar-refractivity contribution in [3.05, 3.63) is 64.2 Å². The van der Waals surface area contributed by atoms with Crippen LogP contribution in [0, 0.1) is 6.92 Å². The van der Waals surface area contributed by atoms with Crippen LogP contribution in [0.3, 0.4) is 0 Å². The van der Waals surface area contributed by atoms with E-state index in [1.807, 2.05) is 49.4 Å². The van der Waals surface area contributed by atoms with Gasteiger partial charge in [0.2, 0.25) is 5.91 Å². The molecule has 24 heavy (non-hydrogen) atoms. The first-order chi connectivity index (χ1) is 11.5. The van der Waals surface area contributed by atoms with Gasteiger partial charge in [-0.2, -0.15) is 0 Å². The minimum atomic E-state index is -0.338. The molecule has 0 saturated carbocycles. The molecule has 124 valence electrons. The van der Waals surface area contributed by atoms with Gasteiger partial charge in [-0.1, -0.05) is 29.8 Å². The molecule has 1 aliphatic heterocycles. The van der Waals surface area contributed by atoms with Gasteiger partial charge in [-0.15, -0.1) is 0 Å². The molecule has 2 N–H and O–H groups in total. The lowest BCUT2D eigenvalue weighted by Crippen LogP contribution is -2.30. The van der Waals surface area contributed by atoms with Crippen LogP contribution in [0.5, 0.6) is 0 Å². The van der Waals surface area contributed by atoms with Crippen molar-refractivity contribution in [2.24, 2.45) is 0 Å². The maximum absolute atomic E-state index is 11.7. The Bertz CT molecular complexity index is 776. The second kappa shape index (κ2) is 6.93. The first-order valence-electron chi connectivity index (χ1n) is 7.69. The third-order valence-electron chi connectivity index (χ3n) is 3.99. The number of nitrogens with zero attached hydrogens (tertiary/aromatic N) is 1. The lowest BCUT2D eigenvalue weighted by molar-refractivity contribution is -0.125. The molecule has 6 heteroatoms. The third kappa shape index (κ3) is 3.68. The predicted molar refractivity (Wildman–Crippen MR) is 93.9 cm³/mol. The fourth-order valence-corrected chi connectivity index (χ4v) is 2.86. The second-order valence-electron chi connectivity index (χ2n) is 5.76. The van der Waals surface area contributed by atoms with Crippen molar-refractivity contribution >= 4 is 29.2 Å². The van der Waals surface area contributed by atoms with Gasteiger partial charge >= 0.3 is 6.03 Å². The number of anilines is 1. The largest absolute Gasteiger partial charge is 0.381 e. The fraction of sp³-hybridized carbons (Fsp3) is 0.222. The van der Waals surface area contributed by atoms with Crippen molar-refractivity contribution in [2.45, 2.75) is 20.0 Å². The van der Waals surface area contributed by atoms with E-state index in [1.165, 1.54) is 10.5 Å². The number of nitrogens with one attached hydrogen (secondary N) is 2. The van der Waals surface area contributed by atoms with Gasteiger partial charge in [0, 0.05) is 17.3 Å². The van der Waals surface area contributed by atoms with Gasteiger partial charge in [0.15, 0.2) is 0 Å². The van der Waals surface area contributed by atoms with Crippen LogP contribution < -0.4 is 10.6 Å². The van der Waals surface area contributed by atoms with Crippen LogP contribution in [0.2, 0.25) is 5.02 Å². The highest BCUT2D eigenvalue weighted by Crippen LogP contribution is 2.18. The zero-order chi connectivity index (χ0) is 17.1. The topological polar surface area (TPSA) is 61.4 Å². The summed E-state index contributed by atoms with van der Waals surface area (Å²) in [6.07, 6.45) is 0. The quantitative estimate of drug-likeness (QED) is 0.819. The van der Waals surface area contributed by atoms with Crippen molar-refractivity contribution in [3.8, 4) is 0 Å². The van der Waals surface area contributed by atoms with Crippen LogP contribution >= 0.6 is 11.6 Å². The Kier molecular flexibility index (Phi) is 4.71. The van der Waals surface area contributed by atoms with E-state index in [0.717, 1.165) is 21.8 Å². The molecule has 5 nitrogen and oxygen atoms in total. The number of carbonyl (C=O) groups is 2. The minimum Gasteiger partial charge on any atom is -0.381 e. The standard InChI is InChI=1S/C18H18ClN3O2/c1-12-7-15(19)6-5-14(12)9-20-16-4-2-3-13(8-16)11-22-17(23)10-21-18(22)24/h2-8,20H,9-11H2,1H3,(H,21,24). The normalized spacial score (nSPS) is 14.0.